The van der Waals surface area contributed by atoms with Crippen molar-refractivity contribution in [2.75, 3.05) is 6.54 Å². The van der Waals surface area contributed by atoms with Crippen LogP contribution in [0.15, 0.2) is 38.0 Å². The van der Waals surface area contributed by atoms with Gasteiger partial charge in [-0.3, -0.25) is 15.0 Å². The molecule has 0 fully saturated rings. The van der Waals surface area contributed by atoms with Crippen molar-refractivity contribution in [1.82, 2.24) is 0 Å². The molecule has 112 valence electrons. The van der Waals surface area contributed by atoms with E-state index in [0.29, 0.717) is 18.1 Å². The lowest BCUT2D eigenvalue weighted by molar-refractivity contribution is 0.842. The Labute approximate surface area is 123 Å². The van der Waals surface area contributed by atoms with Gasteiger partial charge in [-0.2, -0.15) is 0 Å². The summed E-state index contributed by atoms with van der Waals surface area (Å²) in [5.41, 5.74) is 8.36. The van der Waals surface area contributed by atoms with E-state index in [1.165, 1.54) is 0 Å². The van der Waals surface area contributed by atoms with Gasteiger partial charge in [0.2, 0.25) is 0 Å². The summed E-state index contributed by atoms with van der Waals surface area (Å²) in [4.78, 5) is 12.8. The van der Waals surface area contributed by atoms with Gasteiger partial charge < -0.3 is 5.73 Å². The molecular formula is C16H28N4. The van der Waals surface area contributed by atoms with Crippen LogP contribution >= 0.6 is 0 Å². The summed E-state index contributed by atoms with van der Waals surface area (Å²) >= 11 is 0. The topological polar surface area (TPSA) is 63.1 Å². The molecule has 0 aliphatic rings. The number of rotatable bonds is 9. The second-order valence-electron chi connectivity index (χ2n) is 4.46. The van der Waals surface area contributed by atoms with Crippen molar-refractivity contribution in [3.05, 3.63) is 23.0 Å². The molecule has 4 heteroatoms. The average Bonchev–Trinajstić information content (AvgIpc) is 2.42. The lowest BCUT2D eigenvalue weighted by Crippen LogP contribution is -2.16. The van der Waals surface area contributed by atoms with Crippen LogP contribution in [0, 0.1) is 0 Å². The maximum Gasteiger partial charge on any atom is 0.146 e. The van der Waals surface area contributed by atoms with Crippen LogP contribution in [0.1, 0.15) is 53.4 Å². The van der Waals surface area contributed by atoms with Gasteiger partial charge in [0, 0.05) is 12.8 Å². The molecule has 0 bridgehead atoms. The number of unbranched alkanes of at least 4 members (excludes halogenated alkanes) is 2. The summed E-state index contributed by atoms with van der Waals surface area (Å²) in [6, 6.07) is 0. The fraction of sp³-hybridized carbons (Fsp3) is 0.562. The predicted octanol–water partition coefficient (Wildman–Crippen LogP) is 3.89. The Balaban J connectivity index is 5.56. The molecule has 0 aromatic carbocycles. The van der Waals surface area contributed by atoms with E-state index in [4.69, 9.17) is 5.73 Å². The SMILES string of the molecule is C=N/C(C(N)=NCC)=C(N=CCCCC)/C(C)=C/CC. The minimum atomic E-state index is 0.397. The smallest absolute Gasteiger partial charge is 0.146 e. The maximum atomic E-state index is 5.96. The molecule has 0 radical (unpaired) electrons. The Morgan fingerprint density at radius 3 is 2.40 bits per heavy atom. The number of hydrogen-bond acceptors (Lipinski definition) is 3. The molecule has 0 aliphatic carbocycles. The lowest BCUT2D eigenvalue weighted by atomic mass is 10.1. The fourth-order valence-electron chi connectivity index (χ4n) is 1.73. The normalized spacial score (nSPS) is 14.6. The molecule has 0 amide bonds. The zero-order valence-electron chi connectivity index (χ0n) is 13.3. The van der Waals surface area contributed by atoms with Gasteiger partial charge in [-0.25, -0.2) is 0 Å². The third-order valence-corrected chi connectivity index (χ3v) is 2.74. The zero-order chi connectivity index (χ0) is 15.4. The Morgan fingerprint density at radius 2 is 1.90 bits per heavy atom. The van der Waals surface area contributed by atoms with Gasteiger partial charge in [-0.05, 0) is 45.4 Å². The monoisotopic (exact) mass is 276 g/mol. The molecular weight excluding hydrogens is 248 g/mol. The average molecular weight is 276 g/mol. The molecule has 0 atom stereocenters. The second-order valence-corrected chi connectivity index (χ2v) is 4.46. The Bertz CT molecular complexity index is 414. The summed E-state index contributed by atoms with van der Waals surface area (Å²) in [6.07, 6.45) is 8.21. The van der Waals surface area contributed by atoms with Crippen molar-refractivity contribution in [3.8, 4) is 0 Å². The van der Waals surface area contributed by atoms with Gasteiger partial charge in [-0.15, -0.1) is 0 Å². The molecule has 0 saturated carbocycles. The van der Waals surface area contributed by atoms with Crippen LogP contribution in [-0.4, -0.2) is 25.3 Å². The predicted molar refractivity (Wildman–Crippen MR) is 90.8 cm³/mol. The number of amidine groups is 1. The molecule has 20 heavy (non-hydrogen) atoms. The van der Waals surface area contributed by atoms with E-state index in [0.717, 1.165) is 37.0 Å². The number of nitrogens with two attached hydrogens (primary N) is 1. The van der Waals surface area contributed by atoms with E-state index in [1.54, 1.807) is 0 Å². The molecule has 0 aromatic heterocycles. The van der Waals surface area contributed by atoms with E-state index >= 15 is 0 Å². The molecule has 0 aromatic rings. The van der Waals surface area contributed by atoms with Crippen LogP contribution < -0.4 is 5.73 Å². The van der Waals surface area contributed by atoms with E-state index in [1.807, 2.05) is 20.1 Å². The van der Waals surface area contributed by atoms with Crippen LogP contribution in [0.5, 0.6) is 0 Å². The minimum Gasteiger partial charge on any atom is -0.382 e. The first-order valence-electron chi connectivity index (χ1n) is 7.33. The zero-order valence-corrected chi connectivity index (χ0v) is 13.3. The Morgan fingerprint density at radius 1 is 1.20 bits per heavy atom. The third kappa shape index (κ3) is 6.45. The van der Waals surface area contributed by atoms with Crippen LogP contribution in [-0.2, 0) is 0 Å². The molecule has 0 heterocycles. The van der Waals surface area contributed by atoms with Crippen LogP contribution in [0.3, 0.4) is 0 Å². The van der Waals surface area contributed by atoms with Crippen LogP contribution in [0.4, 0.5) is 0 Å². The van der Waals surface area contributed by atoms with Crippen LogP contribution in [0.2, 0.25) is 0 Å². The first-order chi connectivity index (χ1) is 9.62. The molecule has 0 unspecified atom stereocenters. The van der Waals surface area contributed by atoms with E-state index < -0.39 is 0 Å². The van der Waals surface area contributed by atoms with E-state index in [9.17, 15) is 0 Å². The highest BCUT2D eigenvalue weighted by Crippen LogP contribution is 2.18. The minimum absolute atomic E-state index is 0.397. The van der Waals surface area contributed by atoms with Crippen molar-refractivity contribution in [2.45, 2.75) is 53.4 Å². The number of hydrogen-bond donors (Lipinski definition) is 1. The third-order valence-electron chi connectivity index (χ3n) is 2.74. The van der Waals surface area contributed by atoms with Crippen molar-refractivity contribution >= 4 is 18.8 Å². The van der Waals surface area contributed by atoms with Gasteiger partial charge in [-0.1, -0.05) is 26.3 Å². The summed E-state index contributed by atoms with van der Waals surface area (Å²) in [7, 11) is 0. The number of allylic oxidation sites excluding steroid dienone is 2. The fourth-order valence-corrected chi connectivity index (χ4v) is 1.73. The van der Waals surface area contributed by atoms with Gasteiger partial charge in [0.15, 0.2) is 0 Å². The standard InChI is InChI=1S/C16H28N4/c1-6-9-10-12-20-14(13(4)11-7-2)15(18-5)16(17)19-8-3/h11-12H,5-10H2,1-4H3,(H2,17,19)/b13-11+,15-14-,20-12?. The van der Waals surface area contributed by atoms with Crippen molar-refractivity contribution < 1.29 is 0 Å². The number of nitrogens with zero attached hydrogens (tertiary/aromatic N) is 3. The largest absolute Gasteiger partial charge is 0.382 e. The molecule has 0 spiro atoms. The summed E-state index contributed by atoms with van der Waals surface area (Å²) < 4.78 is 0. The Kier molecular flexibility index (Phi) is 10.2. The first kappa shape index (κ1) is 18.3. The highest BCUT2D eigenvalue weighted by Gasteiger charge is 2.10. The molecule has 2 N–H and O–H groups in total. The first-order valence-corrected chi connectivity index (χ1v) is 7.33. The van der Waals surface area contributed by atoms with Gasteiger partial charge in [0.1, 0.15) is 11.5 Å². The molecule has 0 rings (SSSR count). The van der Waals surface area contributed by atoms with Crippen molar-refractivity contribution in [3.63, 3.8) is 0 Å². The van der Waals surface area contributed by atoms with Crippen molar-refractivity contribution in [1.29, 1.82) is 0 Å². The molecule has 0 aliphatic heterocycles. The highest BCUT2D eigenvalue weighted by molar-refractivity contribution is 5.98. The lowest BCUT2D eigenvalue weighted by Gasteiger charge is -2.08. The maximum absolute atomic E-state index is 5.96. The number of aliphatic imine (C=N–C) groups is 3. The van der Waals surface area contributed by atoms with Crippen molar-refractivity contribution in [2.24, 2.45) is 20.7 Å². The summed E-state index contributed by atoms with van der Waals surface area (Å²) in [5, 5.41) is 0. The quantitative estimate of drug-likeness (QED) is 0.295. The van der Waals surface area contributed by atoms with E-state index in [-0.39, 0.29) is 0 Å². The molecule has 4 nitrogen and oxygen atoms in total. The Hall–Kier alpha value is -1.71. The van der Waals surface area contributed by atoms with Gasteiger partial charge in [0.25, 0.3) is 0 Å². The summed E-state index contributed by atoms with van der Waals surface area (Å²) in [5.74, 6) is 0.397. The van der Waals surface area contributed by atoms with Gasteiger partial charge >= 0.3 is 0 Å². The molecule has 0 saturated heterocycles. The van der Waals surface area contributed by atoms with Gasteiger partial charge in [0.05, 0.1) is 5.70 Å². The second kappa shape index (κ2) is 11.1. The summed E-state index contributed by atoms with van der Waals surface area (Å²) in [6.45, 7) is 12.4. The van der Waals surface area contributed by atoms with Crippen LogP contribution in [0.25, 0.3) is 0 Å². The van der Waals surface area contributed by atoms with E-state index in [2.05, 4.69) is 41.6 Å². The highest BCUT2D eigenvalue weighted by atomic mass is 14.9.